The Labute approximate surface area is 226 Å². The van der Waals surface area contributed by atoms with Crippen LogP contribution in [0.3, 0.4) is 0 Å². The Morgan fingerprint density at radius 1 is 1.10 bits per heavy atom. The number of amides is 2. The van der Waals surface area contributed by atoms with Gasteiger partial charge < -0.3 is 19.4 Å². The van der Waals surface area contributed by atoms with Gasteiger partial charge in [-0.3, -0.25) is 14.6 Å². The maximum atomic E-state index is 13.9. The SMILES string of the molecule is COc1ccc(CN(C(=O)Cn2nnc(-c3ccc(C)o3)n2)C(C(=O)NC2CCCC2)c2ccncc2)cc1. The second-order valence-corrected chi connectivity index (χ2v) is 9.60. The second kappa shape index (κ2) is 11.9. The van der Waals surface area contributed by atoms with E-state index in [0.29, 0.717) is 17.1 Å². The van der Waals surface area contributed by atoms with Gasteiger partial charge in [0.1, 0.15) is 24.1 Å². The first-order valence-electron chi connectivity index (χ1n) is 13.0. The van der Waals surface area contributed by atoms with Crippen molar-refractivity contribution < 1.29 is 18.7 Å². The lowest BCUT2D eigenvalue weighted by Crippen LogP contribution is -2.46. The predicted molar refractivity (Wildman–Crippen MR) is 141 cm³/mol. The summed E-state index contributed by atoms with van der Waals surface area (Å²) >= 11 is 0. The monoisotopic (exact) mass is 529 g/mol. The fourth-order valence-electron chi connectivity index (χ4n) is 4.80. The summed E-state index contributed by atoms with van der Waals surface area (Å²) in [4.78, 5) is 34.6. The van der Waals surface area contributed by atoms with Crippen molar-refractivity contribution in [2.75, 3.05) is 7.11 Å². The Balaban J connectivity index is 1.45. The summed E-state index contributed by atoms with van der Waals surface area (Å²) in [6.45, 7) is 1.80. The molecular formula is C28H31N7O4. The second-order valence-electron chi connectivity index (χ2n) is 9.60. The zero-order valence-electron chi connectivity index (χ0n) is 22.0. The standard InChI is InChI=1S/C28H31N7O4/c1-19-7-12-24(39-19)27-31-33-35(32-27)18-25(36)34(17-20-8-10-23(38-2)11-9-20)26(21-13-15-29-16-14-21)28(37)30-22-5-3-4-6-22/h7-16,22,26H,3-6,17-18H2,1-2H3,(H,30,37). The Morgan fingerprint density at radius 3 is 2.51 bits per heavy atom. The fourth-order valence-corrected chi connectivity index (χ4v) is 4.80. The molecule has 1 N–H and O–H groups in total. The number of aryl methyl sites for hydroxylation is 1. The van der Waals surface area contributed by atoms with E-state index in [4.69, 9.17) is 9.15 Å². The van der Waals surface area contributed by atoms with E-state index in [1.807, 2.05) is 31.2 Å². The van der Waals surface area contributed by atoms with Crippen molar-refractivity contribution in [2.24, 2.45) is 0 Å². The number of benzene rings is 1. The number of pyridine rings is 1. The molecule has 11 nitrogen and oxygen atoms in total. The van der Waals surface area contributed by atoms with Gasteiger partial charge in [0.05, 0.1) is 7.11 Å². The number of furan rings is 1. The Kier molecular flexibility index (Phi) is 7.95. The van der Waals surface area contributed by atoms with E-state index in [9.17, 15) is 9.59 Å². The number of rotatable bonds is 10. The minimum absolute atomic E-state index is 0.0936. The zero-order valence-corrected chi connectivity index (χ0v) is 22.0. The predicted octanol–water partition coefficient (Wildman–Crippen LogP) is 3.47. The van der Waals surface area contributed by atoms with Gasteiger partial charge in [0.15, 0.2) is 5.76 Å². The number of carbonyl (C=O) groups is 2. The minimum atomic E-state index is -0.876. The van der Waals surface area contributed by atoms with Gasteiger partial charge in [0, 0.05) is 25.0 Å². The van der Waals surface area contributed by atoms with E-state index in [1.54, 1.807) is 48.7 Å². The lowest BCUT2D eigenvalue weighted by molar-refractivity contribution is -0.142. The Hall–Kier alpha value is -4.54. The van der Waals surface area contributed by atoms with Crippen LogP contribution in [0.2, 0.25) is 0 Å². The normalized spacial score (nSPS) is 14.2. The molecule has 0 aliphatic heterocycles. The first-order chi connectivity index (χ1) is 19.0. The minimum Gasteiger partial charge on any atom is -0.497 e. The van der Waals surface area contributed by atoms with E-state index in [2.05, 4.69) is 25.7 Å². The number of nitrogens with zero attached hydrogens (tertiary/aromatic N) is 6. The van der Waals surface area contributed by atoms with Crippen LogP contribution in [0.25, 0.3) is 11.6 Å². The molecule has 3 heterocycles. The first kappa shape index (κ1) is 26.1. The van der Waals surface area contributed by atoms with Crippen molar-refractivity contribution in [1.82, 2.24) is 35.4 Å². The van der Waals surface area contributed by atoms with Crippen molar-refractivity contribution >= 4 is 11.8 Å². The molecule has 0 spiro atoms. The third-order valence-electron chi connectivity index (χ3n) is 6.81. The molecule has 1 aromatic carbocycles. The van der Waals surface area contributed by atoms with Crippen LogP contribution in [0.1, 0.15) is 48.6 Å². The van der Waals surface area contributed by atoms with Crippen LogP contribution in [0.4, 0.5) is 0 Å². The molecule has 1 aliphatic rings. The molecule has 0 radical (unpaired) electrons. The summed E-state index contributed by atoms with van der Waals surface area (Å²) in [5.74, 6) is 1.60. The van der Waals surface area contributed by atoms with Crippen LogP contribution in [0.5, 0.6) is 5.75 Å². The first-order valence-corrected chi connectivity index (χ1v) is 13.0. The lowest BCUT2D eigenvalue weighted by atomic mass is 10.0. The molecule has 3 aromatic heterocycles. The number of carbonyl (C=O) groups excluding carboxylic acids is 2. The Bertz CT molecular complexity index is 1390. The summed E-state index contributed by atoms with van der Waals surface area (Å²) in [5.41, 5.74) is 1.51. The Morgan fingerprint density at radius 2 is 1.85 bits per heavy atom. The van der Waals surface area contributed by atoms with Crippen molar-refractivity contribution in [3.05, 3.63) is 77.8 Å². The zero-order chi connectivity index (χ0) is 27.2. The van der Waals surface area contributed by atoms with Crippen LogP contribution in [0.15, 0.2) is 65.3 Å². The summed E-state index contributed by atoms with van der Waals surface area (Å²) in [5, 5.41) is 15.6. The molecule has 0 saturated heterocycles. The number of methoxy groups -OCH3 is 1. The molecule has 202 valence electrons. The van der Waals surface area contributed by atoms with Crippen LogP contribution < -0.4 is 10.1 Å². The van der Waals surface area contributed by atoms with Crippen LogP contribution >= 0.6 is 0 Å². The quantitative estimate of drug-likeness (QED) is 0.331. The maximum Gasteiger partial charge on any atom is 0.247 e. The van der Waals surface area contributed by atoms with Crippen molar-refractivity contribution in [3.63, 3.8) is 0 Å². The molecule has 1 unspecified atom stereocenters. The van der Waals surface area contributed by atoms with E-state index < -0.39 is 6.04 Å². The average Bonchev–Trinajstić information content (AvgIpc) is 3.72. The van der Waals surface area contributed by atoms with Crippen LogP contribution in [-0.2, 0) is 22.7 Å². The molecule has 2 amide bonds. The number of hydrogen-bond donors (Lipinski definition) is 1. The lowest BCUT2D eigenvalue weighted by Gasteiger charge is -2.32. The van der Waals surface area contributed by atoms with Crippen LogP contribution in [0, 0.1) is 6.92 Å². The van der Waals surface area contributed by atoms with Gasteiger partial charge in [-0.15, -0.1) is 10.2 Å². The topological polar surface area (TPSA) is 128 Å². The van der Waals surface area contributed by atoms with Gasteiger partial charge in [-0.25, -0.2) is 0 Å². The molecule has 1 fully saturated rings. The van der Waals surface area contributed by atoms with E-state index in [-0.39, 0.29) is 36.8 Å². The number of aromatic nitrogens is 5. The number of nitrogens with one attached hydrogen (secondary N) is 1. The number of tetrazole rings is 1. The molecule has 5 rings (SSSR count). The highest BCUT2D eigenvalue weighted by atomic mass is 16.5. The number of hydrogen-bond acceptors (Lipinski definition) is 8. The van der Waals surface area contributed by atoms with E-state index >= 15 is 0 Å². The van der Waals surface area contributed by atoms with E-state index in [0.717, 1.165) is 37.0 Å². The van der Waals surface area contributed by atoms with Gasteiger partial charge in [-0.1, -0.05) is 25.0 Å². The highest BCUT2D eigenvalue weighted by Crippen LogP contribution is 2.27. The van der Waals surface area contributed by atoms with Gasteiger partial charge >= 0.3 is 0 Å². The average molecular weight is 530 g/mol. The summed E-state index contributed by atoms with van der Waals surface area (Å²) in [7, 11) is 1.60. The summed E-state index contributed by atoms with van der Waals surface area (Å²) in [6.07, 6.45) is 7.26. The molecule has 0 bridgehead atoms. The van der Waals surface area contributed by atoms with E-state index in [1.165, 1.54) is 4.80 Å². The molecule has 1 aliphatic carbocycles. The fraction of sp³-hybridized carbons (Fsp3) is 0.357. The van der Waals surface area contributed by atoms with Gasteiger partial charge in [-0.05, 0) is 72.5 Å². The number of ether oxygens (including phenoxy) is 1. The van der Waals surface area contributed by atoms with Gasteiger partial charge in [-0.2, -0.15) is 4.80 Å². The highest BCUT2D eigenvalue weighted by molar-refractivity contribution is 5.88. The highest BCUT2D eigenvalue weighted by Gasteiger charge is 2.33. The summed E-state index contributed by atoms with van der Waals surface area (Å²) < 4.78 is 10.9. The maximum absolute atomic E-state index is 13.9. The van der Waals surface area contributed by atoms with Crippen molar-refractivity contribution in [2.45, 2.75) is 57.8 Å². The van der Waals surface area contributed by atoms with Gasteiger partial charge in [0.2, 0.25) is 17.6 Å². The van der Waals surface area contributed by atoms with Gasteiger partial charge in [0.25, 0.3) is 0 Å². The third kappa shape index (κ3) is 6.31. The van der Waals surface area contributed by atoms with Crippen molar-refractivity contribution in [3.8, 4) is 17.3 Å². The largest absolute Gasteiger partial charge is 0.497 e. The molecule has 4 aromatic rings. The molecule has 1 saturated carbocycles. The van der Waals surface area contributed by atoms with Crippen LogP contribution in [-0.4, -0.2) is 55.1 Å². The molecule has 1 atom stereocenters. The molecular weight excluding hydrogens is 498 g/mol. The van der Waals surface area contributed by atoms with Crippen molar-refractivity contribution in [1.29, 1.82) is 0 Å². The molecule has 39 heavy (non-hydrogen) atoms. The summed E-state index contributed by atoms with van der Waals surface area (Å²) in [6, 6.07) is 13.7. The molecule has 11 heteroatoms. The smallest absolute Gasteiger partial charge is 0.247 e. The third-order valence-corrected chi connectivity index (χ3v) is 6.81.